The summed E-state index contributed by atoms with van der Waals surface area (Å²) in [4.78, 5) is 13.5. The van der Waals surface area contributed by atoms with Crippen LogP contribution in [0.25, 0.3) is 11.1 Å². The van der Waals surface area contributed by atoms with Crippen LogP contribution in [0.4, 0.5) is 5.00 Å². The van der Waals surface area contributed by atoms with E-state index in [4.69, 9.17) is 0 Å². The van der Waals surface area contributed by atoms with Crippen LogP contribution in [0.15, 0.2) is 36.5 Å². The van der Waals surface area contributed by atoms with Gasteiger partial charge >= 0.3 is 0 Å². The van der Waals surface area contributed by atoms with Crippen molar-refractivity contribution in [2.24, 2.45) is 7.05 Å². The van der Waals surface area contributed by atoms with Crippen molar-refractivity contribution in [1.29, 1.82) is 5.26 Å². The van der Waals surface area contributed by atoms with Gasteiger partial charge in [-0.1, -0.05) is 38.1 Å². The quantitative estimate of drug-likeness (QED) is 0.672. The summed E-state index contributed by atoms with van der Waals surface area (Å²) in [5, 5.41) is 17.2. The van der Waals surface area contributed by atoms with E-state index in [-0.39, 0.29) is 5.91 Å². The second-order valence-corrected chi connectivity index (χ2v) is 7.80. The maximum atomic E-state index is 12.5. The molecule has 0 spiro atoms. The first-order valence-corrected chi connectivity index (χ1v) is 9.71. The molecule has 0 bridgehead atoms. The van der Waals surface area contributed by atoms with Gasteiger partial charge in [0.1, 0.15) is 16.8 Å². The van der Waals surface area contributed by atoms with Crippen LogP contribution < -0.4 is 5.32 Å². The van der Waals surface area contributed by atoms with Crippen LogP contribution in [0.2, 0.25) is 0 Å². The number of rotatable bonds is 5. The fourth-order valence-electron chi connectivity index (χ4n) is 3.06. The van der Waals surface area contributed by atoms with Crippen LogP contribution in [0.5, 0.6) is 0 Å². The lowest BCUT2D eigenvalue weighted by atomic mass is 9.95. The summed E-state index contributed by atoms with van der Waals surface area (Å²) in [5.41, 5.74) is 4.12. The molecule has 2 heterocycles. The topological polar surface area (TPSA) is 70.7 Å². The average Bonchev–Trinajstić information content (AvgIpc) is 3.23. The molecule has 0 aliphatic rings. The number of benzene rings is 1. The minimum atomic E-state index is -0.272. The van der Waals surface area contributed by atoms with E-state index in [0.717, 1.165) is 22.4 Å². The highest BCUT2D eigenvalue weighted by Crippen LogP contribution is 2.40. The highest BCUT2D eigenvalue weighted by atomic mass is 32.1. The Bertz CT molecular complexity index is 1010. The number of nitrogens with one attached hydrogen (secondary N) is 1. The van der Waals surface area contributed by atoms with Crippen LogP contribution in [0, 0.1) is 18.3 Å². The minimum absolute atomic E-state index is 0.272. The van der Waals surface area contributed by atoms with Gasteiger partial charge < -0.3 is 5.32 Å². The van der Waals surface area contributed by atoms with Gasteiger partial charge in [-0.05, 0) is 36.5 Å². The number of nitrogens with zero attached hydrogens (tertiary/aromatic N) is 3. The van der Waals surface area contributed by atoms with Gasteiger partial charge in [-0.3, -0.25) is 9.48 Å². The number of nitriles is 1. The molecule has 0 saturated heterocycles. The predicted octanol–water partition coefficient (Wildman–Crippen LogP) is 5.09. The van der Waals surface area contributed by atoms with Crippen molar-refractivity contribution >= 4 is 22.2 Å². The Morgan fingerprint density at radius 1 is 1.33 bits per heavy atom. The molecule has 0 radical (unpaired) electrons. The normalized spacial score (nSPS) is 11.8. The zero-order valence-corrected chi connectivity index (χ0v) is 16.7. The third kappa shape index (κ3) is 3.64. The van der Waals surface area contributed by atoms with E-state index in [1.807, 2.05) is 6.92 Å². The van der Waals surface area contributed by atoms with Crippen molar-refractivity contribution in [3.05, 3.63) is 58.2 Å². The number of thiophene rings is 1. The Kier molecular flexibility index (Phi) is 5.43. The molecule has 0 aliphatic heterocycles. The summed E-state index contributed by atoms with van der Waals surface area (Å²) < 4.78 is 1.51. The minimum Gasteiger partial charge on any atom is -0.311 e. The van der Waals surface area contributed by atoms with E-state index in [9.17, 15) is 10.1 Å². The average molecular weight is 379 g/mol. The molecule has 0 unspecified atom stereocenters. The van der Waals surface area contributed by atoms with Crippen molar-refractivity contribution in [3.8, 4) is 17.2 Å². The molecule has 0 fully saturated rings. The highest BCUT2D eigenvalue weighted by molar-refractivity contribution is 7.17. The summed E-state index contributed by atoms with van der Waals surface area (Å²) in [6.07, 6.45) is 2.66. The number of hydrogen-bond acceptors (Lipinski definition) is 4. The number of amides is 1. The van der Waals surface area contributed by atoms with Crippen molar-refractivity contribution in [2.45, 2.75) is 33.1 Å². The first kappa shape index (κ1) is 18.9. The smallest absolute Gasteiger partial charge is 0.274 e. The van der Waals surface area contributed by atoms with Crippen molar-refractivity contribution in [1.82, 2.24) is 9.78 Å². The van der Waals surface area contributed by atoms with Gasteiger partial charge in [0, 0.05) is 23.7 Å². The third-order valence-electron chi connectivity index (χ3n) is 4.86. The Morgan fingerprint density at radius 2 is 2.04 bits per heavy atom. The molecule has 5 nitrogen and oxygen atoms in total. The second-order valence-electron chi connectivity index (χ2n) is 6.57. The van der Waals surface area contributed by atoms with E-state index < -0.39 is 0 Å². The van der Waals surface area contributed by atoms with Gasteiger partial charge in [-0.2, -0.15) is 10.4 Å². The molecule has 2 aromatic heterocycles. The lowest BCUT2D eigenvalue weighted by Crippen LogP contribution is -2.15. The number of hydrogen-bond donors (Lipinski definition) is 1. The van der Waals surface area contributed by atoms with Gasteiger partial charge in [-0.25, -0.2) is 0 Å². The summed E-state index contributed by atoms with van der Waals surface area (Å²) in [6.45, 7) is 6.35. The molecule has 3 aromatic rings. The summed E-state index contributed by atoms with van der Waals surface area (Å²) in [5.74, 6) is 0.234. The highest BCUT2D eigenvalue weighted by Gasteiger charge is 2.20. The largest absolute Gasteiger partial charge is 0.311 e. The molecule has 138 valence electrons. The molecule has 1 atom stereocenters. The van der Waals surface area contributed by atoms with Crippen LogP contribution in [0.3, 0.4) is 0 Å². The standard InChI is InChI=1S/C21H22N4OS/c1-5-13(2)15-6-8-16(9-7-15)19-14(3)27-21(17(19)12-22)24-20(26)18-10-11-23-25(18)4/h6-11,13H,5H2,1-4H3,(H,24,26)/t13-/m1/s1. The van der Waals surface area contributed by atoms with Crippen molar-refractivity contribution < 1.29 is 4.79 Å². The number of aryl methyl sites for hydroxylation is 2. The first-order chi connectivity index (χ1) is 13.0. The fourth-order valence-corrected chi connectivity index (χ4v) is 4.09. The van der Waals surface area contributed by atoms with E-state index in [2.05, 4.69) is 54.6 Å². The Morgan fingerprint density at radius 3 is 2.59 bits per heavy atom. The summed E-state index contributed by atoms with van der Waals surface area (Å²) in [6, 6.07) is 12.3. The maximum Gasteiger partial charge on any atom is 0.274 e. The zero-order valence-electron chi connectivity index (χ0n) is 15.9. The van der Waals surface area contributed by atoms with E-state index >= 15 is 0 Å². The summed E-state index contributed by atoms with van der Waals surface area (Å²) >= 11 is 1.42. The lowest BCUT2D eigenvalue weighted by Gasteiger charge is -2.10. The SMILES string of the molecule is CC[C@@H](C)c1ccc(-c2c(C)sc(NC(=O)c3ccnn3C)c2C#N)cc1. The van der Waals surface area contributed by atoms with Crippen LogP contribution in [0.1, 0.15) is 52.7 Å². The number of carbonyl (C=O) groups excluding carboxylic acids is 1. The zero-order chi connectivity index (χ0) is 19.6. The molecule has 1 N–H and O–H groups in total. The van der Waals surface area contributed by atoms with Crippen LogP contribution in [-0.2, 0) is 7.05 Å². The van der Waals surface area contributed by atoms with E-state index in [1.165, 1.54) is 21.6 Å². The van der Waals surface area contributed by atoms with Crippen molar-refractivity contribution in [3.63, 3.8) is 0 Å². The van der Waals surface area contributed by atoms with Gasteiger partial charge in [0.15, 0.2) is 0 Å². The Balaban J connectivity index is 1.95. The van der Waals surface area contributed by atoms with Gasteiger partial charge in [0.2, 0.25) is 0 Å². The molecular formula is C21H22N4OS. The molecule has 1 amide bonds. The molecular weight excluding hydrogens is 356 g/mol. The Hall–Kier alpha value is -2.91. The Labute approximate surface area is 163 Å². The van der Waals surface area contributed by atoms with E-state index in [0.29, 0.717) is 22.2 Å². The van der Waals surface area contributed by atoms with Gasteiger partial charge in [0.25, 0.3) is 5.91 Å². The first-order valence-electron chi connectivity index (χ1n) is 8.89. The number of anilines is 1. The van der Waals surface area contributed by atoms with Crippen molar-refractivity contribution in [2.75, 3.05) is 5.32 Å². The number of aromatic nitrogens is 2. The molecule has 6 heteroatoms. The fraction of sp³-hybridized carbons (Fsp3) is 0.286. The molecule has 0 saturated carbocycles. The molecule has 0 aliphatic carbocycles. The third-order valence-corrected chi connectivity index (χ3v) is 5.88. The predicted molar refractivity (Wildman–Crippen MR) is 109 cm³/mol. The summed E-state index contributed by atoms with van der Waals surface area (Å²) in [7, 11) is 1.71. The molecule has 3 rings (SSSR count). The lowest BCUT2D eigenvalue weighted by molar-refractivity contribution is 0.101. The maximum absolute atomic E-state index is 12.5. The molecule has 27 heavy (non-hydrogen) atoms. The molecule has 1 aromatic carbocycles. The second kappa shape index (κ2) is 7.77. The van der Waals surface area contributed by atoms with Crippen LogP contribution >= 0.6 is 11.3 Å². The monoisotopic (exact) mass is 378 g/mol. The number of carbonyl (C=O) groups is 1. The van der Waals surface area contributed by atoms with E-state index in [1.54, 1.807) is 19.3 Å². The van der Waals surface area contributed by atoms with Gasteiger partial charge in [0.05, 0.1) is 5.56 Å². The van der Waals surface area contributed by atoms with Gasteiger partial charge in [-0.15, -0.1) is 11.3 Å². The van der Waals surface area contributed by atoms with Crippen LogP contribution in [-0.4, -0.2) is 15.7 Å².